The fourth-order valence-electron chi connectivity index (χ4n) is 6.17. The summed E-state index contributed by atoms with van der Waals surface area (Å²) < 4.78 is 15.1. The Morgan fingerprint density at radius 1 is 1.24 bits per heavy atom. The van der Waals surface area contributed by atoms with E-state index in [-0.39, 0.29) is 46.9 Å². The molecule has 2 saturated carbocycles. The largest absolute Gasteiger partial charge is 0.389 e. The van der Waals surface area contributed by atoms with Crippen LogP contribution in [0.15, 0.2) is 24.5 Å². The van der Waals surface area contributed by atoms with Gasteiger partial charge in [0.2, 0.25) is 11.8 Å². The van der Waals surface area contributed by atoms with Crippen molar-refractivity contribution in [2.75, 3.05) is 12.4 Å². The van der Waals surface area contributed by atoms with E-state index in [0.717, 1.165) is 17.7 Å². The molecule has 2 aromatic rings. The summed E-state index contributed by atoms with van der Waals surface area (Å²) in [6, 6.07) is 4.00. The van der Waals surface area contributed by atoms with Crippen molar-refractivity contribution >= 4 is 35.0 Å². The van der Waals surface area contributed by atoms with Crippen LogP contribution in [0.3, 0.4) is 0 Å². The number of anilines is 1. The first-order valence-electron chi connectivity index (χ1n) is 11.4. The average Bonchev–Trinajstić information content (AvgIpc) is 3.49. The number of carbonyl (C=O) groups excluding carboxylic acids is 3. The number of amides is 3. The highest BCUT2D eigenvalue weighted by atomic mass is 35.5. The number of likely N-dealkylation sites (tertiary alicyclic amines) is 1. The second-order valence-electron chi connectivity index (χ2n) is 9.92. The van der Waals surface area contributed by atoms with Crippen LogP contribution in [0.25, 0.3) is 0 Å². The summed E-state index contributed by atoms with van der Waals surface area (Å²) in [6.45, 7) is 0. The monoisotopic (exact) mass is 488 g/mol. The van der Waals surface area contributed by atoms with Gasteiger partial charge in [0.25, 0.3) is 5.91 Å². The Morgan fingerprint density at radius 2 is 1.91 bits per heavy atom. The van der Waals surface area contributed by atoms with Crippen LogP contribution in [0.2, 0.25) is 5.02 Å². The van der Waals surface area contributed by atoms with Crippen LogP contribution in [-0.4, -0.2) is 49.9 Å². The molecule has 0 radical (unpaired) electrons. The average molecular weight is 489 g/mol. The molecule has 1 saturated heterocycles. The summed E-state index contributed by atoms with van der Waals surface area (Å²) in [5.74, 6) is -1.71. The molecule has 1 aliphatic heterocycles. The van der Waals surface area contributed by atoms with Crippen molar-refractivity contribution in [3.63, 3.8) is 0 Å². The molecule has 1 aromatic heterocycles. The maximum atomic E-state index is 13.5. The third-order valence-electron chi connectivity index (χ3n) is 7.85. The minimum absolute atomic E-state index is 0.0434. The highest BCUT2D eigenvalue weighted by Gasteiger charge is 2.57. The molecule has 5 rings (SSSR count). The molecule has 3 unspecified atom stereocenters. The number of benzene rings is 1. The molecule has 2 heterocycles. The van der Waals surface area contributed by atoms with Gasteiger partial charge in [-0.05, 0) is 55.7 Å². The molecule has 3 atom stereocenters. The minimum atomic E-state index is -1.16. The van der Waals surface area contributed by atoms with E-state index in [1.165, 1.54) is 25.2 Å². The fraction of sp³-hybridized carbons (Fsp3) is 0.500. The molecule has 10 heteroatoms. The first kappa shape index (κ1) is 23.0. The number of nitrogens with one attached hydrogen (secondary N) is 1. The van der Waals surface area contributed by atoms with Gasteiger partial charge in [0.1, 0.15) is 11.5 Å². The molecule has 34 heavy (non-hydrogen) atoms. The van der Waals surface area contributed by atoms with Crippen molar-refractivity contribution in [3.05, 3.63) is 46.8 Å². The van der Waals surface area contributed by atoms with Gasteiger partial charge in [0.05, 0.1) is 28.6 Å². The lowest BCUT2D eigenvalue weighted by Gasteiger charge is -2.29. The predicted octanol–water partition coefficient (Wildman–Crippen LogP) is 3.10. The number of halogens is 2. The SMILES string of the molecule is CN1C(=O)CC(C2(O)CC3CC(c4ncn(C)c4C(=O)Nc4ccc(F)c(Cl)c4)CC3C2)C1=O. The normalized spacial score (nSPS) is 30.8. The molecular formula is C24H26ClFN4O4. The molecule has 1 aromatic carbocycles. The third-order valence-corrected chi connectivity index (χ3v) is 8.14. The van der Waals surface area contributed by atoms with Gasteiger partial charge in [-0.2, -0.15) is 0 Å². The summed E-state index contributed by atoms with van der Waals surface area (Å²) in [7, 11) is 3.21. The zero-order chi connectivity index (χ0) is 24.4. The lowest BCUT2D eigenvalue weighted by atomic mass is 9.81. The Hall–Kier alpha value is -2.78. The maximum Gasteiger partial charge on any atom is 0.274 e. The van der Waals surface area contributed by atoms with Crippen molar-refractivity contribution in [2.45, 2.75) is 43.6 Å². The number of hydrogen-bond acceptors (Lipinski definition) is 5. The molecule has 0 bridgehead atoms. The van der Waals surface area contributed by atoms with E-state index in [4.69, 9.17) is 11.6 Å². The number of aliphatic hydroxyl groups is 1. The van der Waals surface area contributed by atoms with E-state index in [1.807, 2.05) is 0 Å². The van der Waals surface area contributed by atoms with Crippen molar-refractivity contribution in [1.29, 1.82) is 0 Å². The summed E-state index contributed by atoms with van der Waals surface area (Å²) >= 11 is 5.83. The number of nitrogens with zero attached hydrogens (tertiary/aromatic N) is 3. The zero-order valence-corrected chi connectivity index (χ0v) is 19.7. The van der Waals surface area contributed by atoms with Crippen LogP contribution in [0.1, 0.15) is 54.2 Å². The highest BCUT2D eigenvalue weighted by molar-refractivity contribution is 6.31. The quantitative estimate of drug-likeness (QED) is 0.643. The Balaban J connectivity index is 1.30. The topological polar surface area (TPSA) is 105 Å². The van der Waals surface area contributed by atoms with Crippen LogP contribution in [0.5, 0.6) is 0 Å². The van der Waals surface area contributed by atoms with Crippen LogP contribution < -0.4 is 5.32 Å². The van der Waals surface area contributed by atoms with E-state index >= 15 is 0 Å². The van der Waals surface area contributed by atoms with E-state index in [0.29, 0.717) is 29.9 Å². The first-order chi connectivity index (χ1) is 16.1. The van der Waals surface area contributed by atoms with Gasteiger partial charge in [0.15, 0.2) is 0 Å². The van der Waals surface area contributed by atoms with Crippen LogP contribution >= 0.6 is 11.6 Å². The molecule has 3 amide bonds. The fourth-order valence-corrected chi connectivity index (χ4v) is 6.35. The molecule has 180 valence electrons. The van der Waals surface area contributed by atoms with Crippen molar-refractivity contribution in [1.82, 2.24) is 14.5 Å². The van der Waals surface area contributed by atoms with Gasteiger partial charge < -0.3 is 15.0 Å². The lowest BCUT2D eigenvalue weighted by Crippen LogP contribution is -2.40. The van der Waals surface area contributed by atoms with Crippen molar-refractivity contribution in [3.8, 4) is 0 Å². The predicted molar refractivity (Wildman–Crippen MR) is 122 cm³/mol. The first-order valence-corrected chi connectivity index (χ1v) is 11.8. The van der Waals surface area contributed by atoms with Crippen LogP contribution in [0, 0.1) is 23.6 Å². The number of aromatic nitrogens is 2. The number of rotatable bonds is 4. The highest BCUT2D eigenvalue weighted by Crippen LogP contribution is 2.56. The standard InChI is InChI=1S/C24H26ClFN4O4/c1-29-11-27-20(21(29)22(32)28-15-3-4-18(26)17(25)7-15)12-5-13-9-24(34,10-14(13)6-12)16-8-19(31)30(2)23(16)33/h3-4,7,11-14,16,34H,5-6,8-10H2,1-2H3,(H,28,32). The van der Waals surface area contributed by atoms with Crippen molar-refractivity contribution in [2.24, 2.45) is 24.8 Å². The van der Waals surface area contributed by atoms with E-state index < -0.39 is 17.3 Å². The molecule has 8 nitrogen and oxygen atoms in total. The summed E-state index contributed by atoms with van der Waals surface area (Å²) in [4.78, 5) is 43.2. The molecule has 0 spiro atoms. The number of aryl methyl sites for hydroxylation is 1. The van der Waals surface area contributed by atoms with Crippen LogP contribution in [0.4, 0.5) is 10.1 Å². The van der Waals surface area contributed by atoms with Crippen molar-refractivity contribution < 1.29 is 23.9 Å². The number of imide groups is 1. The number of fused-ring (bicyclic) bond motifs is 1. The van der Waals surface area contributed by atoms with Gasteiger partial charge in [0, 0.05) is 32.1 Å². The number of hydrogen-bond donors (Lipinski definition) is 2. The van der Waals surface area contributed by atoms with E-state index in [1.54, 1.807) is 17.9 Å². The van der Waals surface area contributed by atoms with Gasteiger partial charge in [-0.3, -0.25) is 19.3 Å². The Kier molecular flexibility index (Phi) is 5.52. The Bertz CT molecular complexity index is 1180. The van der Waals surface area contributed by atoms with E-state index in [9.17, 15) is 23.9 Å². The molecule has 3 fully saturated rings. The van der Waals surface area contributed by atoms with Gasteiger partial charge >= 0.3 is 0 Å². The molecule has 2 aliphatic carbocycles. The summed E-state index contributed by atoms with van der Waals surface area (Å²) in [5.41, 5.74) is 0.346. The minimum Gasteiger partial charge on any atom is -0.389 e. The summed E-state index contributed by atoms with van der Waals surface area (Å²) in [5, 5.41) is 14.0. The zero-order valence-electron chi connectivity index (χ0n) is 18.9. The number of imidazole rings is 1. The lowest BCUT2D eigenvalue weighted by molar-refractivity contribution is -0.141. The molecule has 3 aliphatic rings. The summed E-state index contributed by atoms with van der Waals surface area (Å²) in [6.07, 6.45) is 4.09. The number of carbonyl (C=O) groups is 3. The van der Waals surface area contributed by atoms with Crippen LogP contribution in [-0.2, 0) is 16.6 Å². The van der Waals surface area contributed by atoms with E-state index in [2.05, 4.69) is 10.3 Å². The van der Waals surface area contributed by atoms with Gasteiger partial charge in [-0.25, -0.2) is 9.37 Å². The molecular weight excluding hydrogens is 463 g/mol. The second kappa shape index (κ2) is 8.16. The Labute approximate surface area is 201 Å². The second-order valence-corrected chi connectivity index (χ2v) is 10.3. The van der Waals surface area contributed by atoms with Gasteiger partial charge in [-0.1, -0.05) is 11.6 Å². The third kappa shape index (κ3) is 3.71. The molecule has 2 N–H and O–H groups in total. The van der Waals surface area contributed by atoms with Gasteiger partial charge in [-0.15, -0.1) is 0 Å². The smallest absolute Gasteiger partial charge is 0.274 e. The maximum absolute atomic E-state index is 13.5. The Morgan fingerprint density at radius 3 is 2.50 bits per heavy atom.